The molecule has 0 aliphatic rings. The van der Waals surface area contributed by atoms with Crippen molar-refractivity contribution in [3.8, 4) is 0 Å². The van der Waals surface area contributed by atoms with Crippen molar-refractivity contribution in [2.75, 3.05) is 27.2 Å². The Kier molecular flexibility index (Phi) is 5.73. The number of nitrogens with zero attached hydrogens (tertiary/aromatic N) is 1. The van der Waals surface area contributed by atoms with Gasteiger partial charge in [-0.05, 0) is 14.1 Å². The van der Waals surface area contributed by atoms with E-state index in [-0.39, 0.29) is 12.5 Å². The molecular weight excluding hydrogens is 224 g/mol. The first-order chi connectivity index (χ1) is 6.70. The highest BCUT2D eigenvalue weighted by atomic mass is 32.3. The number of amides is 1. The van der Waals surface area contributed by atoms with Crippen molar-refractivity contribution in [2.45, 2.75) is 13.0 Å². The van der Waals surface area contributed by atoms with E-state index in [1.165, 1.54) is 6.92 Å². The standard InChI is InChI=1S/C7H16N2O5S/c1-6(10)8-7(4-9(2)3)5-14-15(11,12)13/h7H,4-5H2,1-3H3,(H,8,10)(H,11,12,13). The van der Waals surface area contributed by atoms with Gasteiger partial charge in [0.05, 0.1) is 12.6 Å². The van der Waals surface area contributed by atoms with Crippen LogP contribution >= 0.6 is 0 Å². The van der Waals surface area contributed by atoms with E-state index < -0.39 is 16.4 Å². The van der Waals surface area contributed by atoms with Gasteiger partial charge in [0.15, 0.2) is 0 Å². The van der Waals surface area contributed by atoms with Crippen LogP contribution in [0.25, 0.3) is 0 Å². The van der Waals surface area contributed by atoms with Crippen molar-refractivity contribution >= 4 is 16.3 Å². The summed E-state index contributed by atoms with van der Waals surface area (Å²) in [6.45, 7) is 1.43. The Morgan fingerprint density at radius 2 is 2.07 bits per heavy atom. The van der Waals surface area contributed by atoms with Gasteiger partial charge in [0.1, 0.15) is 0 Å². The SMILES string of the molecule is CC(=O)NC(COS(=O)(=O)O)CN(C)C. The van der Waals surface area contributed by atoms with Crippen LogP contribution in [-0.4, -0.2) is 57.1 Å². The van der Waals surface area contributed by atoms with E-state index in [4.69, 9.17) is 4.55 Å². The fourth-order valence-electron chi connectivity index (χ4n) is 1.04. The topological polar surface area (TPSA) is 95.9 Å². The van der Waals surface area contributed by atoms with Gasteiger partial charge in [0.25, 0.3) is 0 Å². The number of carbonyl (C=O) groups excluding carboxylic acids is 1. The molecule has 0 saturated heterocycles. The lowest BCUT2D eigenvalue weighted by molar-refractivity contribution is -0.120. The summed E-state index contributed by atoms with van der Waals surface area (Å²) in [5, 5.41) is 2.50. The van der Waals surface area contributed by atoms with Crippen LogP contribution in [0.5, 0.6) is 0 Å². The second kappa shape index (κ2) is 6.01. The van der Waals surface area contributed by atoms with Crippen LogP contribution in [0.1, 0.15) is 6.92 Å². The Morgan fingerprint density at radius 3 is 2.40 bits per heavy atom. The van der Waals surface area contributed by atoms with Gasteiger partial charge in [-0.2, -0.15) is 8.42 Å². The lowest BCUT2D eigenvalue weighted by atomic mass is 10.3. The monoisotopic (exact) mass is 240 g/mol. The minimum Gasteiger partial charge on any atom is -0.350 e. The van der Waals surface area contributed by atoms with Crippen LogP contribution in [0.2, 0.25) is 0 Å². The predicted molar refractivity (Wildman–Crippen MR) is 53.7 cm³/mol. The fourth-order valence-corrected chi connectivity index (χ4v) is 1.37. The highest BCUT2D eigenvalue weighted by Gasteiger charge is 2.15. The second-order valence-corrected chi connectivity index (χ2v) is 4.46. The molecule has 7 nitrogen and oxygen atoms in total. The van der Waals surface area contributed by atoms with Crippen LogP contribution in [0.4, 0.5) is 0 Å². The molecule has 0 saturated carbocycles. The molecule has 90 valence electrons. The van der Waals surface area contributed by atoms with Gasteiger partial charge in [-0.1, -0.05) is 0 Å². The summed E-state index contributed by atoms with van der Waals surface area (Å²) in [5.74, 6) is -0.291. The van der Waals surface area contributed by atoms with Crippen molar-refractivity contribution in [1.29, 1.82) is 0 Å². The molecule has 0 radical (unpaired) electrons. The van der Waals surface area contributed by atoms with Gasteiger partial charge >= 0.3 is 10.4 Å². The highest BCUT2D eigenvalue weighted by molar-refractivity contribution is 7.80. The van der Waals surface area contributed by atoms with Crippen molar-refractivity contribution in [3.63, 3.8) is 0 Å². The van der Waals surface area contributed by atoms with E-state index in [0.717, 1.165) is 0 Å². The second-order valence-electron chi connectivity index (χ2n) is 3.37. The molecule has 0 heterocycles. The zero-order valence-corrected chi connectivity index (χ0v) is 9.74. The number of hydrogen-bond donors (Lipinski definition) is 2. The van der Waals surface area contributed by atoms with Gasteiger partial charge in [0.2, 0.25) is 5.91 Å². The summed E-state index contributed by atoms with van der Waals surface area (Å²) < 4.78 is 33.2. The Balaban J connectivity index is 4.18. The molecule has 0 fully saturated rings. The van der Waals surface area contributed by atoms with E-state index >= 15 is 0 Å². The van der Waals surface area contributed by atoms with Gasteiger partial charge in [0, 0.05) is 13.5 Å². The first kappa shape index (κ1) is 14.3. The van der Waals surface area contributed by atoms with Crippen molar-refractivity contribution < 1.29 is 21.9 Å². The minimum atomic E-state index is -4.46. The van der Waals surface area contributed by atoms with E-state index in [2.05, 4.69) is 9.50 Å². The van der Waals surface area contributed by atoms with Gasteiger partial charge in [-0.25, -0.2) is 4.18 Å². The number of likely N-dealkylation sites (N-methyl/N-ethyl adjacent to an activating group) is 1. The van der Waals surface area contributed by atoms with E-state index in [1.807, 2.05) is 0 Å². The first-order valence-electron chi connectivity index (χ1n) is 4.24. The maximum atomic E-state index is 10.8. The summed E-state index contributed by atoms with van der Waals surface area (Å²) in [7, 11) is -0.928. The van der Waals surface area contributed by atoms with Crippen molar-refractivity contribution in [2.24, 2.45) is 0 Å². The lowest BCUT2D eigenvalue weighted by Gasteiger charge is -2.20. The normalized spacial score (nSPS) is 13.9. The lowest BCUT2D eigenvalue weighted by Crippen LogP contribution is -2.44. The number of hydrogen-bond acceptors (Lipinski definition) is 5. The first-order valence-corrected chi connectivity index (χ1v) is 5.61. The average molecular weight is 240 g/mol. The molecule has 0 aromatic heterocycles. The molecular formula is C7H16N2O5S. The number of nitrogens with one attached hydrogen (secondary N) is 1. The van der Waals surface area contributed by atoms with Gasteiger partial charge in [-0.15, -0.1) is 0 Å². The Labute approximate surface area is 89.4 Å². The smallest absolute Gasteiger partial charge is 0.350 e. The summed E-state index contributed by atoms with van der Waals surface area (Å²) in [6.07, 6.45) is 0. The zero-order valence-electron chi connectivity index (χ0n) is 8.93. The molecule has 2 N–H and O–H groups in total. The maximum absolute atomic E-state index is 10.8. The van der Waals surface area contributed by atoms with Crippen LogP contribution in [0, 0.1) is 0 Å². The van der Waals surface area contributed by atoms with Crippen LogP contribution in [0.3, 0.4) is 0 Å². The molecule has 1 amide bonds. The molecule has 0 aromatic rings. The molecule has 0 bridgehead atoms. The van der Waals surface area contributed by atoms with E-state index in [1.54, 1.807) is 19.0 Å². The molecule has 0 spiro atoms. The fraction of sp³-hybridized carbons (Fsp3) is 0.857. The molecule has 0 aliphatic carbocycles. The third-order valence-corrected chi connectivity index (χ3v) is 1.85. The highest BCUT2D eigenvalue weighted by Crippen LogP contribution is 1.93. The quantitative estimate of drug-likeness (QED) is 0.570. The van der Waals surface area contributed by atoms with Gasteiger partial charge < -0.3 is 10.2 Å². The molecule has 0 aromatic carbocycles. The predicted octanol–water partition coefficient (Wildman–Crippen LogP) is -1.13. The van der Waals surface area contributed by atoms with Crippen LogP contribution < -0.4 is 5.32 Å². The third kappa shape index (κ3) is 9.60. The average Bonchev–Trinajstić information content (AvgIpc) is 1.96. The third-order valence-electron chi connectivity index (χ3n) is 1.41. The molecule has 1 unspecified atom stereocenters. The molecule has 15 heavy (non-hydrogen) atoms. The number of carbonyl (C=O) groups is 1. The molecule has 0 rings (SSSR count). The van der Waals surface area contributed by atoms with Gasteiger partial charge in [-0.3, -0.25) is 9.35 Å². The van der Waals surface area contributed by atoms with Crippen molar-refractivity contribution in [1.82, 2.24) is 10.2 Å². The summed E-state index contributed by atoms with van der Waals surface area (Å²) in [5.41, 5.74) is 0. The summed E-state index contributed by atoms with van der Waals surface area (Å²) in [6, 6.07) is -0.487. The minimum absolute atomic E-state index is 0.291. The summed E-state index contributed by atoms with van der Waals surface area (Å²) in [4.78, 5) is 12.5. The Bertz CT molecular complexity index is 301. The Morgan fingerprint density at radius 1 is 1.53 bits per heavy atom. The molecule has 1 atom stereocenters. The van der Waals surface area contributed by atoms with Crippen LogP contribution in [-0.2, 0) is 19.4 Å². The van der Waals surface area contributed by atoms with E-state index in [9.17, 15) is 13.2 Å². The summed E-state index contributed by atoms with van der Waals surface area (Å²) >= 11 is 0. The van der Waals surface area contributed by atoms with Crippen LogP contribution in [0.15, 0.2) is 0 Å². The largest absolute Gasteiger partial charge is 0.397 e. The molecule has 0 aliphatic heterocycles. The number of rotatable bonds is 6. The van der Waals surface area contributed by atoms with E-state index in [0.29, 0.717) is 6.54 Å². The van der Waals surface area contributed by atoms with Crippen molar-refractivity contribution in [3.05, 3.63) is 0 Å². The molecule has 8 heteroatoms. The Hall–Kier alpha value is -0.700. The maximum Gasteiger partial charge on any atom is 0.397 e. The zero-order chi connectivity index (χ0) is 12.1.